The standard InChI is InChI=1S/C23H28N4O.HI/c24-23(26-21-11-4-9-19-8-1-2-10-20(19)21)25-15-17-6-3-7-18(14-17)16-27-13-5-12-22(27)28;/h3-4,6-7,9,11,14H,1-2,5,8,10,12-13,15-16H2,(H3,24,25,26);1H. The van der Waals surface area contributed by atoms with Gasteiger partial charge < -0.3 is 16.0 Å². The van der Waals surface area contributed by atoms with Crippen molar-refractivity contribution in [3.63, 3.8) is 0 Å². The number of hydrogen-bond acceptors (Lipinski definition) is 2. The van der Waals surface area contributed by atoms with Gasteiger partial charge in [0.25, 0.3) is 0 Å². The molecule has 29 heavy (non-hydrogen) atoms. The van der Waals surface area contributed by atoms with Crippen LogP contribution in [0.15, 0.2) is 47.5 Å². The molecule has 154 valence electrons. The van der Waals surface area contributed by atoms with Crippen LogP contribution in [0, 0.1) is 0 Å². The second-order valence-electron chi connectivity index (χ2n) is 7.72. The molecule has 0 atom stereocenters. The largest absolute Gasteiger partial charge is 0.370 e. The lowest BCUT2D eigenvalue weighted by Crippen LogP contribution is -2.24. The van der Waals surface area contributed by atoms with Crippen LogP contribution in [0.4, 0.5) is 5.69 Å². The zero-order valence-electron chi connectivity index (χ0n) is 16.7. The molecule has 0 aromatic heterocycles. The molecule has 0 radical (unpaired) electrons. The monoisotopic (exact) mass is 504 g/mol. The van der Waals surface area contributed by atoms with E-state index in [9.17, 15) is 4.79 Å². The van der Waals surface area contributed by atoms with Crippen molar-refractivity contribution in [1.82, 2.24) is 4.90 Å². The van der Waals surface area contributed by atoms with Gasteiger partial charge in [-0.1, -0.05) is 36.4 Å². The van der Waals surface area contributed by atoms with Crippen LogP contribution < -0.4 is 11.1 Å². The molecule has 6 heteroatoms. The lowest BCUT2D eigenvalue weighted by Gasteiger charge is -2.19. The third kappa shape index (κ3) is 5.50. The quantitative estimate of drug-likeness (QED) is 0.364. The summed E-state index contributed by atoms with van der Waals surface area (Å²) in [4.78, 5) is 18.3. The Morgan fingerprint density at radius 3 is 2.66 bits per heavy atom. The van der Waals surface area contributed by atoms with Gasteiger partial charge in [-0.25, -0.2) is 4.99 Å². The molecule has 3 N–H and O–H groups in total. The molecule has 0 saturated carbocycles. The molecule has 5 nitrogen and oxygen atoms in total. The Hall–Kier alpha value is -2.09. The van der Waals surface area contributed by atoms with Crippen LogP contribution in [0.5, 0.6) is 0 Å². The van der Waals surface area contributed by atoms with Gasteiger partial charge in [0.2, 0.25) is 5.91 Å². The third-order valence-electron chi connectivity index (χ3n) is 5.63. The number of fused-ring (bicyclic) bond motifs is 1. The minimum atomic E-state index is 0. The third-order valence-corrected chi connectivity index (χ3v) is 5.63. The normalized spacial score (nSPS) is 16.3. The summed E-state index contributed by atoms with van der Waals surface area (Å²) in [6, 6.07) is 14.6. The molecule has 1 fully saturated rings. The Kier molecular flexibility index (Phi) is 7.52. The van der Waals surface area contributed by atoms with Crippen LogP contribution in [0.1, 0.15) is 47.9 Å². The number of benzene rings is 2. The number of aliphatic imine (C=N–C) groups is 1. The van der Waals surface area contributed by atoms with Crippen molar-refractivity contribution in [2.75, 3.05) is 11.9 Å². The second-order valence-corrected chi connectivity index (χ2v) is 7.72. The highest BCUT2D eigenvalue weighted by atomic mass is 127. The summed E-state index contributed by atoms with van der Waals surface area (Å²) < 4.78 is 0. The Labute approximate surface area is 189 Å². The first-order valence-electron chi connectivity index (χ1n) is 10.2. The fraction of sp³-hybridized carbons (Fsp3) is 0.391. The first kappa shape index (κ1) is 21.6. The van der Waals surface area contributed by atoms with Crippen molar-refractivity contribution in [3.8, 4) is 0 Å². The summed E-state index contributed by atoms with van der Waals surface area (Å²) in [6.07, 6.45) is 6.38. The number of anilines is 1. The van der Waals surface area contributed by atoms with Gasteiger partial charge in [-0.05, 0) is 60.4 Å². The summed E-state index contributed by atoms with van der Waals surface area (Å²) in [5.74, 6) is 0.696. The fourth-order valence-corrected chi connectivity index (χ4v) is 4.17. The molecule has 2 aliphatic rings. The molecule has 2 aromatic rings. The molecule has 0 unspecified atom stereocenters. The van der Waals surface area contributed by atoms with Gasteiger partial charge in [0.15, 0.2) is 5.96 Å². The van der Waals surface area contributed by atoms with Gasteiger partial charge in [0, 0.05) is 25.2 Å². The highest BCUT2D eigenvalue weighted by molar-refractivity contribution is 14.0. The topological polar surface area (TPSA) is 70.7 Å². The van der Waals surface area contributed by atoms with E-state index in [2.05, 4.69) is 46.7 Å². The van der Waals surface area contributed by atoms with E-state index in [1.165, 1.54) is 24.0 Å². The molecule has 4 rings (SSSR count). The number of nitrogens with one attached hydrogen (secondary N) is 1. The number of nitrogens with two attached hydrogens (primary N) is 1. The van der Waals surface area contributed by atoms with Crippen LogP contribution in [-0.2, 0) is 30.7 Å². The number of rotatable bonds is 5. The fourth-order valence-electron chi connectivity index (χ4n) is 4.17. The van der Waals surface area contributed by atoms with Gasteiger partial charge in [0.05, 0.1) is 6.54 Å². The number of carbonyl (C=O) groups is 1. The lowest BCUT2D eigenvalue weighted by atomic mass is 9.90. The molecule has 1 aliphatic carbocycles. The van der Waals surface area contributed by atoms with Crippen molar-refractivity contribution in [2.24, 2.45) is 10.7 Å². The van der Waals surface area contributed by atoms with Crippen molar-refractivity contribution >= 4 is 41.5 Å². The van der Waals surface area contributed by atoms with Gasteiger partial charge in [-0.3, -0.25) is 4.79 Å². The Morgan fingerprint density at radius 2 is 1.83 bits per heavy atom. The van der Waals surface area contributed by atoms with E-state index in [1.54, 1.807) is 0 Å². The molecule has 1 heterocycles. The van der Waals surface area contributed by atoms with Crippen molar-refractivity contribution in [3.05, 3.63) is 64.7 Å². The molecule has 1 aliphatic heterocycles. The number of amides is 1. The number of aryl methyl sites for hydroxylation is 1. The maximum Gasteiger partial charge on any atom is 0.222 e. The van der Waals surface area contributed by atoms with E-state index in [1.807, 2.05) is 11.0 Å². The summed E-state index contributed by atoms with van der Waals surface area (Å²) in [6.45, 7) is 2.06. The second kappa shape index (κ2) is 10.1. The highest BCUT2D eigenvalue weighted by Crippen LogP contribution is 2.27. The smallest absolute Gasteiger partial charge is 0.222 e. The summed E-state index contributed by atoms with van der Waals surface area (Å²) in [7, 11) is 0. The van der Waals surface area contributed by atoms with Gasteiger partial charge in [-0.2, -0.15) is 0 Å². The SMILES string of the molecule is I.NC(=NCc1cccc(CN2CCCC2=O)c1)Nc1cccc2c1CCCC2. The van der Waals surface area contributed by atoms with Crippen molar-refractivity contribution in [1.29, 1.82) is 0 Å². The number of hydrogen-bond donors (Lipinski definition) is 2. The van der Waals surface area contributed by atoms with Gasteiger partial charge >= 0.3 is 0 Å². The Morgan fingerprint density at radius 1 is 1.03 bits per heavy atom. The molecular weight excluding hydrogens is 475 g/mol. The molecule has 2 aromatic carbocycles. The maximum absolute atomic E-state index is 11.8. The van der Waals surface area contributed by atoms with Crippen LogP contribution in [0.25, 0.3) is 0 Å². The van der Waals surface area contributed by atoms with E-state index >= 15 is 0 Å². The molecule has 0 spiro atoms. The van der Waals surface area contributed by atoms with E-state index in [0.717, 1.165) is 42.6 Å². The summed E-state index contributed by atoms with van der Waals surface area (Å²) in [5, 5.41) is 3.29. The zero-order valence-corrected chi connectivity index (χ0v) is 19.0. The summed E-state index contributed by atoms with van der Waals surface area (Å²) in [5.41, 5.74) is 12.3. The molecular formula is C23H29IN4O. The van der Waals surface area contributed by atoms with E-state index in [0.29, 0.717) is 25.5 Å². The maximum atomic E-state index is 11.8. The van der Waals surface area contributed by atoms with E-state index in [4.69, 9.17) is 5.73 Å². The number of carbonyl (C=O) groups excluding carboxylic acids is 1. The Balaban J connectivity index is 0.00000240. The highest BCUT2D eigenvalue weighted by Gasteiger charge is 2.20. The van der Waals surface area contributed by atoms with Crippen LogP contribution in [0.3, 0.4) is 0 Å². The minimum absolute atomic E-state index is 0. The number of guanidine groups is 1. The number of likely N-dealkylation sites (tertiary alicyclic amines) is 1. The molecule has 0 bridgehead atoms. The van der Waals surface area contributed by atoms with Crippen molar-refractivity contribution in [2.45, 2.75) is 51.6 Å². The first-order chi connectivity index (χ1) is 13.7. The first-order valence-corrected chi connectivity index (χ1v) is 10.2. The van der Waals surface area contributed by atoms with E-state index in [-0.39, 0.29) is 29.9 Å². The van der Waals surface area contributed by atoms with Crippen molar-refractivity contribution < 1.29 is 4.79 Å². The average molecular weight is 504 g/mol. The zero-order chi connectivity index (χ0) is 19.3. The van der Waals surface area contributed by atoms with E-state index < -0.39 is 0 Å². The number of nitrogens with zero attached hydrogens (tertiary/aromatic N) is 2. The predicted octanol–water partition coefficient (Wildman–Crippen LogP) is 4.23. The minimum Gasteiger partial charge on any atom is -0.370 e. The average Bonchev–Trinajstić information content (AvgIpc) is 3.11. The van der Waals surface area contributed by atoms with Crippen LogP contribution in [-0.4, -0.2) is 23.3 Å². The van der Waals surface area contributed by atoms with Gasteiger partial charge in [-0.15, -0.1) is 24.0 Å². The van der Waals surface area contributed by atoms with Crippen LogP contribution >= 0.6 is 24.0 Å². The summed E-state index contributed by atoms with van der Waals surface area (Å²) >= 11 is 0. The van der Waals surface area contributed by atoms with Crippen LogP contribution in [0.2, 0.25) is 0 Å². The predicted molar refractivity (Wildman–Crippen MR) is 129 cm³/mol. The lowest BCUT2D eigenvalue weighted by molar-refractivity contribution is -0.128. The number of halogens is 1. The molecule has 1 amide bonds. The molecule has 1 saturated heterocycles. The Bertz CT molecular complexity index is 896. The van der Waals surface area contributed by atoms with Gasteiger partial charge in [0.1, 0.15) is 0 Å².